The van der Waals surface area contributed by atoms with Crippen molar-refractivity contribution in [3.05, 3.63) is 102 Å². The highest BCUT2D eigenvalue weighted by atomic mass is 16.2. The first-order valence-corrected chi connectivity index (χ1v) is 10.8. The summed E-state index contributed by atoms with van der Waals surface area (Å²) in [5, 5.41) is 1.12. The first-order chi connectivity index (χ1) is 15.7. The number of rotatable bonds is 3. The molecule has 2 aromatic carbocycles. The molecule has 158 valence electrons. The average molecular weight is 422 g/mol. The number of nitrogens with one attached hydrogen (secondary N) is 1. The second-order valence-corrected chi connectivity index (χ2v) is 8.45. The summed E-state index contributed by atoms with van der Waals surface area (Å²) >= 11 is 0. The summed E-state index contributed by atoms with van der Waals surface area (Å²) in [6.45, 7) is 0.491. The number of benzene rings is 2. The van der Waals surface area contributed by atoms with Crippen molar-refractivity contribution in [2.45, 2.75) is 25.0 Å². The fourth-order valence-electron chi connectivity index (χ4n) is 5.15. The van der Waals surface area contributed by atoms with E-state index in [0.717, 1.165) is 33.3 Å². The maximum absolute atomic E-state index is 13.7. The molecule has 0 bridgehead atoms. The molecule has 0 spiro atoms. The maximum atomic E-state index is 13.7. The van der Waals surface area contributed by atoms with Gasteiger partial charge in [-0.15, -0.1) is 0 Å². The van der Waals surface area contributed by atoms with E-state index >= 15 is 0 Å². The van der Waals surface area contributed by atoms with Crippen LogP contribution in [0.2, 0.25) is 0 Å². The van der Waals surface area contributed by atoms with Crippen LogP contribution in [0.1, 0.15) is 28.4 Å². The van der Waals surface area contributed by atoms with E-state index in [1.165, 1.54) is 0 Å². The second-order valence-electron chi connectivity index (χ2n) is 8.45. The quantitative estimate of drug-likeness (QED) is 0.550. The molecule has 2 unspecified atom stereocenters. The fourth-order valence-corrected chi connectivity index (χ4v) is 5.15. The third-order valence-corrected chi connectivity index (χ3v) is 6.58. The second kappa shape index (κ2) is 7.34. The standard InChI is InChI=1S/C26H22N4O2/c31-23-16-29(15-17-10-12-27-13-11-17)26(32)22-14-20-19-8-4-5-9-21(19)28-24(20)25(30(22)23)18-6-2-1-3-7-18/h1-13,22,25,28H,14-16H2. The van der Waals surface area contributed by atoms with Crippen molar-refractivity contribution in [1.29, 1.82) is 0 Å². The van der Waals surface area contributed by atoms with E-state index in [9.17, 15) is 9.59 Å². The highest BCUT2D eigenvalue weighted by Crippen LogP contribution is 2.42. The van der Waals surface area contributed by atoms with Gasteiger partial charge in [0.2, 0.25) is 11.8 Å². The Morgan fingerprint density at radius 2 is 1.69 bits per heavy atom. The van der Waals surface area contributed by atoms with Crippen molar-refractivity contribution in [2.24, 2.45) is 0 Å². The van der Waals surface area contributed by atoms with Crippen molar-refractivity contribution in [3.8, 4) is 0 Å². The monoisotopic (exact) mass is 422 g/mol. The van der Waals surface area contributed by atoms with Gasteiger partial charge in [-0.25, -0.2) is 0 Å². The van der Waals surface area contributed by atoms with Gasteiger partial charge < -0.3 is 14.8 Å². The summed E-state index contributed by atoms with van der Waals surface area (Å²) in [5.41, 5.74) is 5.15. The molecule has 4 heterocycles. The Hall–Kier alpha value is -3.93. The molecule has 0 radical (unpaired) electrons. The van der Waals surface area contributed by atoms with Gasteiger partial charge in [0.05, 0.1) is 6.04 Å². The van der Waals surface area contributed by atoms with E-state index in [-0.39, 0.29) is 24.4 Å². The Bertz CT molecular complexity index is 1320. The molecule has 4 aromatic rings. The first-order valence-electron chi connectivity index (χ1n) is 10.8. The van der Waals surface area contributed by atoms with Gasteiger partial charge >= 0.3 is 0 Å². The van der Waals surface area contributed by atoms with Gasteiger partial charge in [0.15, 0.2) is 0 Å². The molecular weight excluding hydrogens is 400 g/mol. The lowest BCUT2D eigenvalue weighted by Gasteiger charge is -2.47. The van der Waals surface area contributed by atoms with Crippen LogP contribution >= 0.6 is 0 Å². The zero-order chi connectivity index (χ0) is 21.7. The number of fused-ring (bicyclic) bond motifs is 4. The van der Waals surface area contributed by atoms with Gasteiger partial charge in [0, 0.05) is 42.0 Å². The van der Waals surface area contributed by atoms with Crippen LogP contribution in [-0.4, -0.2) is 44.2 Å². The van der Waals surface area contributed by atoms with Crippen molar-refractivity contribution in [3.63, 3.8) is 0 Å². The largest absolute Gasteiger partial charge is 0.356 e. The van der Waals surface area contributed by atoms with Crippen LogP contribution < -0.4 is 0 Å². The molecule has 2 aliphatic rings. The smallest absolute Gasteiger partial charge is 0.246 e. The lowest BCUT2D eigenvalue weighted by Crippen LogP contribution is -2.62. The zero-order valence-electron chi connectivity index (χ0n) is 17.4. The predicted molar refractivity (Wildman–Crippen MR) is 121 cm³/mol. The summed E-state index contributed by atoms with van der Waals surface area (Å²) in [5.74, 6) is -0.0277. The Balaban J connectivity index is 1.46. The highest BCUT2D eigenvalue weighted by Gasteiger charge is 2.48. The molecule has 2 aliphatic heterocycles. The number of para-hydroxylation sites is 1. The van der Waals surface area contributed by atoms with Crippen LogP contribution in [0, 0.1) is 0 Å². The number of carbonyl (C=O) groups is 2. The van der Waals surface area contributed by atoms with Gasteiger partial charge in [0.1, 0.15) is 12.6 Å². The molecule has 2 amide bonds. The van der Waals surface area contributed by atoms with Crippen molar-refractivity contribution < 1.29 is 9.59 Å². The van der Waals surface area contributed by atoms with E-state index in [1.807, 2.05) is 60.7 Å². The average Bonchev–Trinajstić information content (AvgIpc) is 3.21. The van der Waals surface area contributed by atoms with Gasteiger partial charge in [-0.1, -0.05) is 48.5 Å². The van der Waals surface area contributed by atoms with E-state index in [0.29, 0.717) is 13.0 Å². The highest BCUT2D eigenvalue weighted by molar-refractivity contribution is 5.97. The Morgan fingerprint density at radius 1 is 0.938 bits per heavy atom. The van der Waals surface area contributed by atoms with Crippen molar-refractivity contribution >= 4 is 22.7 Å². The molecule has 6 rings (SSSR count). The molecule has 32 heavy (non-hydrogen) atoms. The molecule has 0 saturated carbocycles. The molecule has 2 atom stereocenters. The van der Waals surface area contributed by atoms with E-state index in [1.54, 1.807) is 22.2 Å². The number of amides is 2. The van der Waals surface area contributed by atoms with Crippen LogP contribution in [0.5, 0.6) is 0 Å². The Kier molecular flexibility index (Phi) is 4.31. The fraction of sp³-hybridized carbons (Fsp3) is 0.192. The minimum Gasteiger partial charge on any atom is -0.356 e. The van der Waals surface area contributed by atoms with E-state index in [2.05, 4.69) is 16.0 Å². The zero-order valence-corrected chi connectivity index (χ0v) is 17.4. The topological polar surface area (TPSA) is 69.3 Å². The van der Waals surface area contributed by atoms with E-state index < -0.39 is 6.04 Å². The lowest BCUT2D eigenvalue weighted by atomic mass is 9.86. The molecule has 0 aliphatic carbocycles. The predicted octanol–water partition coefficient (Wildman–Crippen LogP) is 3.45. The normalized spacial score (nSPS) is 20.4. The van der Waals surface area contributed by atoms with Gasteiger partial charge in [-0.3, -0.25) is 14.6 Å². The first kappa shape index (κ1) is 18.8. The van der Waals surface area contributed by atoms with Crippen molar-refractivity contribution in [2.75, 3.05) is 6.54 Å². The number of hydrogen-bond donors (Lipinski definition) is 1. The van der Waals surface area contributed by atoms with Gasteiger partial charge in [-0.05, 0) is 34.9 Å². The number of nitrogens with zero attached hydrogens (tertiary/aromatic N) is 3. The third kappa shape index (κ3) is 2.91. The number of H-pyrrole nitrogens is 1. The van der Waals surface area contributed by atoms with Gasteiger partial charge in [0.25, 0.3) is 0 Å². The SMILES string of the molecule is O=C1C2Cc3c([nH]c4ccccc34)C(c3ccccc3)N2C(=O)CN1Cc1ccncc1. The maximum Gasteiger partial charge on any atom is 0.246 e. The van der Waals surface area contributed by atoms with E-state index in [4.69, 9.17) is 0 Å². The van der Waals surface area contributed by atoms with Crippen molar-refractivity contribution in [1.82, 2.24) is 19.8 Å². The summed E-state index contributed by atoms with van der Waals surface area (Å²) in [4.78, 5) is 38.2. The molecule has 6 heteroatoms. The summed E-state index contributed by atoms with van der Waals surface area (Å²) in [7, 11) is 0. The summed E-state index contributed by atoms with van der Waals surface area (Å²) < 4.78 is 0. The van der Waals surface area contributed by atoms with Crippen LogP contribution in [0.15, 0.2) is 79.1 Å². The lowest BCUT2D eigenvalue weighted by molar-refractivity contribution is -0.159. The molecule has 1 fully saturated rings. The number of pyridine rings is 1. The van der Waals surface area contributed by atoms with Crippen LogP contribution in [-0.2, 0) is 22.6 Å². The summed E-state index contributed by atoms with van der Waals surface area (Å²) in [6, 6.07) is 21.1. The molecule has 1 N–H and O–H groups in total. The number of carbonyl (C=O) groups excluding carboxylic acids is 2. The minimum atomic E-state index is -0.519. The minimum absolute atomic E-state index is 0.00160. The number of hydrogen-bond acceptors (Lipinski definition) is 3. The Labute approximate surface area is 185 Å². The number of aromatic nitrogens is 2. The van der Waals surface area contributed by atoms with Gasteiger partial charge in [-0.2, -0.15) is 0 Å². The number of aromatic amines is 1. The molecule has 6 nitrogen and oxygen atoms in total. The van der Waals surface area contributed by atoms with Crippen LogP contribution in [0.4, 0.5) is 0 Å². The third-order valence-electron chi connectivity index (χ3n) is 6.58. The molecule has 2 aromatic heterocycles. The van der Waals surface area contributed by atoms with Crippen LogP contribution in [0.25, 0.3) is 10.9 Å². The summed E-state index contributed by atoms with van der Waals surface area (Å²) in [6.07, 6.45) is 3.93. The molecular formula is C26H22N4O2. The Morgan fingerprint density at radius 3 is 2.50 bits per heavy atom. The molecule has 1 saturated heterocycles. The number of piperazine rings is 1. The van der Waals surface area contributed by atoms with Crippen LogP contribution in [0.3, 0.4) is 0 Å².